The van der Waals surface area contributed by atoms with E-state index < -0.39 is 5.97 Å². The molecule has 2 atom stereocenters. The van der Waals surface area contributed by atoms with Crippen LogP contribution < -0.4 is 0 Å². The molecule has 1 aliphatic carbocycles. The van der Waals surface area contributed by atoms with Gasteiger partial charge in [0.2, 0.25) is 0 Å². The van der Waals surface area contributed by atoms with Crippen molar-refractivity contribution in [2.75, 3.05) is 0 Å². The van der Waals surface area contributed by atoms with Gasteiger partial charge in [-0.05, 0) is 30.7 Å². The third kappa shape index (κ3) is 2.37. The van der Waals surface area contributed by atoms with Crippen LogP contribution in [0.3, 0.4) is 0 Å². The Bertz CT molecular complexity index is 359. The van der Waals surface area contributed by atoms with Crippen LogP contribution in [0, 0.1) is 11.8 Å². The molecule has 2 rings (SSSR count). The van der Waals surface area contributed by atoms with E-state index in [1.807, 2.05) is 17.1 Å². The van der Waals surface area contributed by atoms with Gasteiger partial charge in [-0.2, -0.15) is 5.10 Å². The van der Waals surface area contributed by atoms with Gasteiger partial charge in [0.15, 0.2) is 0 Å². The number of nitrogens with zero attached hydrogens (tertiary/aromatic N) is 2. The Labute approximate surface area is 88.9 Å². The highest BCUT2D eigenvalue weighted by atomic mass is 16.4. The normalized spacial score (nSPS) is 24.1. The highest BCUT2D eigenvalue weighted by molar-refractivity contribution is 5.73. The van der Waals surface area contributed by atoms with Crippen molar-refractivity contribution < 1.29 is 9.90 Å². The predicted octanol–water partition coefficient (Wildman–Crippen LogP) is 1.56. The summed E-state index contributed by atoms with van der Waals surface area (Å²) in [7, 11) is 0. The molecule has 0 unspecified atom stereocenters. The first kappa shape index (κ1) is 10.2. The lowest BCUT2D eigenvalue weighted by Crippen LogP contribution is -2.00. The van der Waals surface area contributed by atoms with Crippen LogP contribution in [-0.2, 0) is 17.8 Å². The molecule has 0 bridgehead atoms. The second kappa shape index (κ2) is 4.04. The number of aliphatic carboxylic acids is 1. The molecule has 1 N–H and O–H groups in total. The summed E-state index contributed by atoms with van der Waals surface area (Å²) in [6.45, 7) is 3.05. The standard InChI is InChI=1S/C11H16N2O2/c1-2-3-13-7-8(6-12-13)4-9-5-10(9)11(14)15/h6-7,9-10H,2-5H2,1H3,(H,14,15)/t9-,10+/m0/s1. The molecule has 1 saturated carbocycles. The highest BCUT2D eigenvalue weighted by Crippen LogP contribution is 2.41. The summed E-state index contributed by atoms with van der Waals surface area (Å²) in [5.74, 6) is -0.428. The molecule has 1 heterocycles. The van der Waals surface area contributed by atoms with Gasteiger partial charge >= 0.3 is 5.97 Å². The molecule has 0 aromatic carbocycles. The molecule has 1 aromatic rings. The maximum absolute atomic E-state index is 10.6. The molecular formula is C11H16N2O2. The third-order valence-corrected chi connectivity index (χ3v) is 2.88. The first-order chi connectivity index (χ1) is 7.20. The molecule has 0 radical (unpaired) electrons. The maximum atomic E-state index is 10.6. The zero-order valence-electron chi connectivity index (χ0n) is 8.89. The van der Waals surface area contributed by atoms with Crippen molar-refractivity contribution in [3.05, 3.63) is 18.0 Å². The average Bonchev–Trinajstić information content (AvgIpc) is 2.81. The summed E-state index contributed by atoms with van der Waals surface area (Å²) in [6.07, 6.45) is 6.64. The zero-order chi connectivity index (χ0) is 10.8. The van der Waals surface area contributed by atoms with Crippen molar-refractivity contribution >= 4 is 5.97 Å². The lowest BCUT2D eigenvalue weighted by atomic mass is 10.1. The highest BCUT2D eigenvalue weighted by Gasteiger charge is 2.42. The molecule has 0 aliphatic heterocycles. The van der Waals surface area contributed by atoms with Crippen LogP contribution >= 0.6 is 0 Å². The summed E-state index contributed by atoms with van der Waals surface area (Å²) in [5, 5.41) is 13.0. The largest absolute Gasteiger partial charge is 0.481 e. The van der Waals surface area contributed by atoms with E-state index in [4.69, 9.17) is 5.11 Å². The van der Waals surface area contributed by atoms with Crippen molar-refractivity contribution in [1.82, 2.24) is 9.78 Å². The molecule has 0 spiro atoms. The maximum Gasteiger partial charge on any atom is 0.306 e. The molecular weight excluding hydrogens is 192 g/mol. The van der Waals surface area contributed by atoms with Crippen LogP contribution in [-0.4, -0.2) is 20.9 Å². The number of carboxylic acids is 1. The number of carboxylic acid groups (broad SMARTS) is 1. The van der Waals surface area contributed by atoms with Crippen LogP contribution in [0.1, 0.15) is 25.3 Å². The molecule has 1 fully saturated rings. The Hall–Kier alpha value is -1.32. The van der Waals surface area contributed by atoms with E-state index in [2.05, 4.69) is 12.0 Å². The van der Waals surface area contributed by atoms with Crippen molar-refractivity contribution in [1.29, 1.82) is 0 Å². The number of hydrogen-bond donors (Lipinski definition) is 1. The van der Waals surface area contributed by atoms with Gasteiger partial charge in [-0.1, -0.05) is 6.92 Å². The molecule has 82 valence electrons. The van der Waals surface area contributed by atoms with Gasteiger partial charge in [-0.15, -0.1) is 0 Å². The number of hydrogen-bond acceptors (Lipinski definition) is 2. The lowest BCUT2D eigenvalue weighted by Gasteiger charge is -1.95. The van der Waals surface area contributed by atoms with E-state index in [0.29, 0.717) is 5.92 Å². The van der Waals surface area contributed by atoms with Gasteiger partial charge < -0.3 is 5.11 Å². The summed E-state index contributed by atoms with van der Waals surface area (Å²) >= 11 is 0. The van der Waals surface area contributed by atoms with Gasteiger partial charge in [-0.3, -0.25) is 9.48 Å². The van der Waals surface area contributed by atoms with Gasteiger partial charge in [0.05, 0.1) is 12.1 Å². The Morgan fingerprint density at radius 3 is 3.13 bits per heavy atom. The van der Waals surface area contributed by atoms with E-state index >= 15 is 0 Å². The zero-order valence-corrected chi connectivity index (χ0v) is 8.89. The van der Waals surface area contributed by atoms with Gasteiger partial charge in [0.1, 0.15) is 0 Å². The second-order valence-electron chi connectivity index (χ2n) is 4.26. The van der Waals surface area contributed by atoms with Gasteiger partial charge in [0.25, 0.3) is 0 Å². The number of rotatable bonds is 5. The Morgan fingerprint density at radius 1 is 1.73 bits per heavy atom. The first-order valence-corrected chi connectivity index (χ1v) is 5.45. The minimum absolute atomic E-state index is 0.112. The minimum Gasteiger partial charge on any atom is -0.481 e. The Balaban J connectivity index is 1.87. The molecule has 1 aromatic heterocycles. The molecule has 4 heteroatoms. The average molecular weight is 208 g/mol. The summed E-state index contributed by atoms with van der Waals surface area (Å²) < 4.78 is 1.92. The number of carbonyl (C=O) groups is 1. The van der Waals surface area contributed by atoms with Crippen LogP contribution in [0.2, 0.25) is 0 Å². The van der Waals surface area contributed by atoms with Crippen LogP contribution in [0.25, 0.3) is 0 Å². The SMILES string of the molecule is CCCn1cc(C[C@H]2C[C@H]2C(=O)O)cn1. The Kier molecular flexibility index (Phi) is 2.75. The first-order valence-electron chi connectivity index (χ1n) is 5.45. The molecule has 15 heavy (non-hydrogen) atoms. The number of aryl methyl sites for hydroxylation is 1. The lowest BCUT2D eigenvalue weighted by molar-refractivity contribution is -0.138. The summed E-state index contributed by atoms with van der Waals surface area (Å²) in [5.41, 5.74) is 1.16. The van der Waals surface area contributed by atoms with E-state index in [-0.39, 0.29) is 5.92 Å². The van der Waals surface area contributed by atoms with Crippen molar-refractivity contribution in [2.24, 2.45) is 11.8 Å². The molecule has 1 aliphatic rings. The van der Waals surface area contributed by atoms with Crippen molar-refractivity contribution in [3.8, 4) is 0 Å². The van der Waals surface area contributed by atoms with Crippen LogP contribution in [0.15, 0.2) is 12.4 Å². The van der Waals surface area contributed by atoms with Crippen molar-refractivity contribution in [2.45, 2.75) is 32.7 Å². The summed E-state index contributed by atoms with van der Waals surface area (Å²) in [6, 6.07) is 0. The van der Waals surface area contributed by atoms with Gasteiger partial charge in [0, 0.05) is 12.7 Å². The smallest absolute Gasteiger partial charge is 0.306 e. The fraction of sp³-hybridized carbons (Fsp3) is 0.636. The molecule has 0 amide bonds. The monoisotopic (exact) mass is 208 g/mol. The van der Waals surface area contributed by atoms with E-state index in [1.54, 1.807) is 0 Å². The Morgan fingerprint density at radius 2 is 2.53 bits per heavy atom. The van der Waals surface area contributed by atoms with Gasteiger partial charge in [-0.25, -0.2) is 0 Å². The molecule has 0 saturated heterocycles. The van der Waals surface area contributed by atoms with E-state index in [0.717, 1.165) is 31.4 Å². The van der Waals surface area contributed by atoms with Crippen LogP contribution in [0.4, 0.5) is 0 Å². The van der Waals surface area contributed by atoms with E-state index in [9.17, 15) is 4.79 Å². The molecule has 4 nitrogen and oxygen atoms in total. The second-order valence-corrected chi connectivity index (χ2v) is 4.26. The topological polar surface area (TPSA) is 55.1 Å². The summed E-state index contributed by atoms with van der Waals surface area (Å²) in [4.78, 5) is 10.6. The number of aromatic nitrogens is 2. The van der Waals surface area contributed by atoms with E-state index in [1.165, 1.54) is 0 Å². The van der Waals surface area contributed by atoms with Crippen LogP contribution in [0.5, 0.6) is 0 Å². The van der Waals surface area contributed by atoms with Crippen molar-refractivity contribution in [3.63, 3.8) is 0 Å². The fourth-order valence-electron chi connectivity index (χ4n) is 1.94. The third-order valence-electron chi connectivity index (χ3n) is 2.88. The predicted molar refractivity (Wildman–Crippen MR) is 55.5 cm³/mol. The minimum atomic E-state index is -0.652. The quantitative estimate of drug-likeness (QED) is 0.798. The fourth-order valence-corrected chi connectivity index (χ4v) is 1.94.